The van der Waals surface area contributed by atoms with E-state index in [1.807, 2.05) is 26.0 Å². The Morgan fingerprint density at radius 3 is 2.61 bits per heavy atom. The van der Waals surface area contributed by atoms with Gasteiger partial charge in [0.05, 0.1) is 4.34 Å². The van der Waals surface area contributed by atoms with Crippen molar-refractivity contribution >= 4 is 40.4 Å². The third-order valence-electron chi connectivity index (χ3n) is 2.76. The van der Waals surface area contributed by atoms with Gasteiger partial charge in [-0.1, -0.05) is 23.2 Å². The fourth-order valence-electron chi connectivity index (χ4n) is 1.53. The van der Waals surface area contributed by atoms with Crippen LogP contribution in [0.3, 0.4) is 0 Å². The number of nitrogens with one attached hydrogen (secondary N) is 1. The van der Waals surface area contributed by atoms with Gasteiger partial charge in [-0.3, -0.25) is 0 Å². The minimum Gasteiger partial charge on any atom is -0.368 e. The molecule has 2 aromatic rings. The molecule has 18 heavy (non-hydrogen) atoms. The van der Waals surface area contributed by atoms with Crippen molar-refractivity contribution in [2.75, 3.05) is 11.9 Å². The van der Waals surface area contributed by atoms with E-state index in [-0.39, 0.29) is 0 Å². The minimum absolute atomic E-state index is 0.461. The van der Waals surface area contributed by atoms with E-state index < -0.39 is 0 Å². The summed E-state index contributed by atoms with van der Waals surface area (Å²) in [4.78, 5) is 1.25. The molecule has 0 amide bonds. The number of rotatable bonds is 4. The lowest BCUT2D eigenvalue weighted by Gasteiger charge is -2.09. The van der Waals surface area contributed by atoms with Crippen molar-refractivity contribution in [2.24, 2.45) is 0 Å². The van der Waals surface area contributed by atoms with Crippen LogP contribution in [0.5, 0.6) is 0 Å². The fourth-order valence-corrected chi connectivity index (χ4v) is 2.80. The van der Waals surface area contributed by atoms with Gasteiger partial charge in [0.1, 0.15) is 0 Å². The van der Waals surface area contributed by atoms with E-state index in [0.717, 1.165) is 34.2 Å². The summed E-state index contributed by atoms with van der Waals surface area (Å²) in [6.45, 7) is 4.73. The lowest BCUT2D eigenvalue weighted by Crippen LogP contribution is -2.09. The third kappa shape index (κ3) is 3.13. The summed E-state index contributed by atoms with van der Waals surface area (Å²) < 4.78 is 0.823. The topological polar surface area (TPSA) is 37.8 Å². The summed E-state index contributed by atoms with van der Waals surface area (Å²) in [5.74, 6) is 0.791. The first-order valence-corrected chi connectivity index (χ1v) is 7.12. The molecule has 0 atom stereocenters. The average Bonchev–Trinajstić information content (AvgIpc) is 2.75. The molecule has 3 nitrogen and oxygen atoms in total. The Labute approximate surface area is 120 Å². The molecule has 0 saturated carbocycles. The van der Waals surface area contributed by atoms with Gasteiger partial charge in [-0.15, -0.1) is 21.5 Å². The molecular weight excluding hydrogens is 289 g/mol. The Balaban J connectivity index is 1.96. The van der Waals surface area contributed by atoms with Crippen LogP contribution in [0, 0.1) is 13.8 Å². The molecule has 0 aliphatic heterocycles. The standard InChI is InChI=1S/C12H13Cl2N3S/c1-7-8(2)12(17-16-11(7)14)15-6-5-9-3-4-10(13)18-9/h3-4H,5-6H2,1-2H3,(H,15,17). The number of anilines is 1. The molecule has 96 valence electrons. The second-order valence-corrected chi connectivity index (χ2v) is 6.13. The Bertz CT molecular complexity index is 554. The van der Waals surface area contributed by atoms with Gasteiger partial charge < -0.3 is 5.32 Å². The zero-order chi connectivity index (χ0) is 13.1. The molecule has 1 N–H and O–H groups in total. The summed E-state index contributed by atoms with van der Waals surface area (Å²) in [6, 6.07) is 3.96. The first kappa shape index (κ1) is 13.6. The number of halogens is 2. The average molecular weight is 302 g/mol. The molecule has 6 heteroatoms. The van der Waals surface area contributed by atoms with E-state index in [1.165, 1.54) is 4.88 Å². The van der Waals surface area contributed by atoms with Crippen LogP contribution in [0.4, 0.5) is 5.82 Å². The molecule has 2 heterocycles. The quantitative estimate of drug-likeness (QED) is 0.923. The largest absolute Gasteiger partial charge is 0.368 e. The summed E-state index contributed by atoms with van der Waals surface area (Å²) in [7, 11) is 0. The van der Waals surface area contributed by atoms with Crippen LogP contribution in [-0.2, 0) is 6.42 Å². The first-order chi connectivity index (χ1) is 8.58. The van der Waals surface area contributed by atoms with E-state index >= 15 is 0 Å². The molecule has 0 aromatic carbocycles. The highest BCUT2D eigenvalue weighted by Crippen LogP contribution is 2.23. The van der Waals surface area contributed by atoms with Gasteiger partial charge >= 0.3 is 0 Å². The van der Waals surface area contributed by atoms with Gasteiger partial charge in [-0.25, -0.2) is 0 Å². The maximum absolute atomic E-state index is 5.90. The van der Waals surface area contributed by atoms with Crippen molar-refractivity contribution in [3.05, 3.63) is 37.6 Å². The monoisotopic (exact) mass is 301 g/mol. The van der Waals surface area contributed by atoms with Crippen LogP contribution in [0.2, 0.25) is 9.49 Å². The second-order valence-electron chi connectivity index (χ2n) is 3.97. The van der Waals surface area contributed by atoms with Crippen molar-refractivity contribution in [3.8, 4) is 0 Å². The number of nitrogens with zero attached hydrogens (tertiary/aromatic N) is 2. The lowest BCUT2D eigenvalue weighted by molar-refractivity contribution is 0.955. The van der Waals surface area contributed by atoms with Gasteiger partial charge in [-0.05, 0) is 43.5 Å². The fraction of sp³-hybridized carbons (Fsp3) is 0.333. The van der Waals surface area contributed by atoms with E-state index in [2.05, 4.69) is 15.5 Å². The number of hydrogen-bond donors (Lipinski definition) is 1. The lowest BCUT2D eigenvalue weighted by atomic mass is 10.2. The molecule has 0 radical (unpaired) electrons. The maximum Gasteiger partial charge on any atom is 0.155 e. The Morgan fingerprint density at radius 1 is 1.17 bits per heavy atom. The predicted molar refractivity (Wildman–Crippen MR) is 78.0 cm³/mol. The Hall–Kier alpha value is -0.840. The molecule has 2 rings (SSSR count). The molecule has 0 unspecified atom stereocenters. The molecule has 0 aliphatic carbocycles. The highest BCUT2D eigenvalue weighted by Gasteiger charge is 2.07. The van der Waals surface area contributed by atoms with E-state index in [0.29, 0.717) is 5.15 Å². The van der Waals surface area contributed by atoms with Crippen LogP contribution >= 0.6 is 34.5 Å². The maximum atomic E-state index is 5.90. The van der Waals surface area contributed by atoms with Crippen LogP contribution < -0.4 is 5.32 Å². The summed E-state index contributed by atoms with van der Waals surface area (Å²) in [5.41, 5.74) is 2.01. The molecule has 0 bridgehead atoms. The summed E-state index contributed by atoms with van der Waals surface area (Å²) in [5, 5.41) is 11.7. The second kappa shape index (κ2) is 5.87. The number of hydrogen-bond acceptors (Lipinski definition) is 4. The van der Waals surface area contributed by atoms with Gasteiger partial charge in [0, 0.05) is 11.4 Å². The molecule has 0 fully saturated rings. The van der Waals surface area contributed by atoms with Gasteiger partial charge in [-0.2, -0.15) is 0 Å². The van der Waals surface area contributed by atoms with Gasteiger partial charge in [0.15, 0.2) is 11.0 Å². The number of thiophene rings is 1. The van der Waals surface area contributed by atoms with Gasteiger partial charge in [0.25, 0.3) is 0 Å². The van der Waals surface area contributed by atoms with E-state index in [4.69, 9.17) is 23.2 Å². The zero-order valence-corrected chi connectivity index (χ0v) is 12.5. The first-order valence-electron chi connectivity index (χ1n) is 5.55. The van der Waals surface area contributed by atoms with Crippen LogP contribution in [0.15, 0.2) is 12.1 Å². The smallest absolute Gasteiger partial charge is 0.155 e. The summed E-state index contributed by atoms with van der Waals surface area (Å²) >= 11 is 13.4. The minimum atomic E-state index is 0.461. The molecule has 0 spiro atoms. The SMILES string of the molecule is Cc1c(Cl)nnc(NCCc2ccc(Cl)s2)c1C. The zero-order valence-electron chi connectivity index (χ0n) is 10.1. The highest BCUT2D eigenvalue weighted by atomic mass is 35.5. The van der Waals surface area contributed by atoms with Crippen LogP contribution in [0.25, 0.3) is 0 Å². The van der Waals surface area contributed by atoms with Crippen molar-refractivity contribution in [2.45, 2.75) is 20.3 Å². The Morgan fingerprint density at radius 2 is 1.94 bits per heavy atom. The van der Waals surface area contributed by atoms with Crippen molar-refractivity contribution < 1.29 is 0 Å². The summed E-state index contributed by atoms with van der Waals surface area (Å²) in [6.07, 6.45) is 0.917. The van der Waals surface area contributed by atoms with Crippen molar-refractivity contribution in [3.63, 3.8) is 0 Å². The van der Waals surface area contributed by atoms with Crippen LogP contribution in [-0.4, -0.2) is 16.7 Å². The molecule has 2 aromatic heterocycles. The third-order valence-corrected chi connectivity index (χ3v) is 4.41. The van der Waals surface area contributed by atoms with E-state index in [9.17, 15) is 0 Å². The highest BCUT2D eigenvalue weighted by molar-refractivity contribution is 7.16. The van der Waals surface area contributed by atoms with Gasteiger partial charge in [0.2, 0.25) is 0 Å². The van der Waals surface area contributed by atoms with E-state index in [1.54, 1.807) is 11.3 Å². The molecule has 0 aliphatic rings. The van der Waals surface area contributed by atoms with Crippen LogP contribution in [0.1, 0.15) is 16.0 Å². The van der Waals surface area contributed by atoms with Crippen molar-refractivity contribution in [1.29, 1.82) is 0 Å². The molecular formula is C12H13Cl2N3S. The molecule has 0 saturated heterocycles. The Kier molecular flexibility index (Phi) is 4.43. The number of aromatic nitrogens is 2. The normalized spacial score (nSPS) is 10.7. The predicted octanol–water partition coefficient (Wildman–Crippen LogP) is 4.12. The van der Waals surface area contributed by atoms with Crippen molar-refractivity contribution in [1.82, 2.24) is 10.2 Å².